The highest BCUT2D eigenvalue weighted by atomic mass is 16.6. The van der Waals surface area contributed by atoms with Crippen LogP contribution in [0.1, 0.15) is 52.9 Å². The van der Waals surface area contributed by atoms with Gasteiger partial charge in [0, 0.05) is 13.0 Å². The molecule has 1 fully saturated rings. The maximum Gasteiger partial charge on any atom is 0.315 e. The van der Waals surface area contributed by atoms with Crippen molar-refractivity contribution in [2.45, 2.75) is 65.0 Å². The molecule has 1 aliphatic carbocycles. The van der Waals surface area contributed by atoms with Crippen LogP contribution >= 0.6 is 0 Å². The Hall–Kier alpha value is -1.10. The van der Waals surface area contributed by atoms with Crippen LogP contribution in [0.15, 0.2) is 0 Å². The molecule has 0 aromatic rings. The summed E-state index contributed by atoms with van der Waals surface area (Å²) in [7, 11) is 0. The molecule has 2 N–H and O–H groups in total. The fraction of sp³-hybridized carbons (Fsp3) is 0.857. The number of unbranched alkanes of at least 4 members (excludes halogenated alkanes) is 1. The van der Waals surface area contributed by atoms with Gasteiger partial charge in [0.25, 0.3) is 0 Å². The number of hydrogen-bond acceptors (Lipinski definition) is 5. The van der Waals surface area contributed by atoms with Gasteiger partial charge < -0.3 is 15.2 Å². The van der Waals surface area contributed by atoms with E-state index in [2.05, 4.69) is 0 Å². The molecule has 0 radical (unpaired) electrons. The first kappa shape index (κ1) is 16.0. The van der Waals surface area contributed by atoms with Gasteiger partial charge in [0.1, 0.15) is 11.5 Å². The third-order valence-corrected chi connectivity index (χ3v) is 3.85. The zero-order chi connectivity index (χ0) is 14.5. The Morgan fingerprint density at radius 1 is 1.47 bits per heavy atom. The molecule has 0 saturated heterocycles. The van der Waals surface area contributed by atoms with Crippen LogP contribution in [0.2, 0.25) is 0 Å². The Balaban J connectivity index is 2.75. The summed E-state index contributed by atoms with van der Waals surface area (Å²) in [6.45, 7) is 5.55. The number of hydrogen-bond donors (Lipinski definition) is 1. The Kier molecular flexibility index (Phi) is 5.79. The van der Waals surface area contributed by atoms with Gasteiger partial charge in [-0.3, -0.25) is 9.59 Å². The maximum absolute atomic E-state index is 12.3. The number of carbonyl (C=O) groups excluding carboxylic acids is 2. The average molecular weight is 271 g/mol. The van der Waals surface area contributed by atoms with E-state index in [4.69, 9.17) is 15.2 Å². The second-order valence-electron chi connectivity index (χ2n) is 5.40. The summed E-state index contributed by atoms with van der Waals surface area (Å²) in [4.78, 5) is 23.5. The molecular weight excluding hydrogens is 246 g/mol. The number of ether oxygens (including phenoxy) is 2. The standard InChI is InChI=1S/C14H25NO4/c1-4-5-8-18-13(17)14(7-6-12(15)9-14)10(2)19-11(3)16/h10,12H,4-9,15H2,1-3H3/t10?,12-,14+/m1/s1. The summed E-state index contributed by atoms with van der Waals surface area (Å²) in [5.41, 5.74) is 5.16. The van der Waals surface area contributed by atoms with Crippen LogP contribution in [0.4, 0.5) is 0 Å². The molecule has 5 heteroatoms. The molecule has 1 saturated carbocycles. The van der Waals surface area contributed by atoms with Crippen LogP contribution in [0.3, 0.4) is 0 Å². The molecule has 0 spiro atoms. The Morgan fingerprint density at radius 3 is 2.63 bits per heavy atom. The van der Waals surface area contributed by atoms with E-state index >= 15 is 0 Å². The van der Waals surface area contributed by atoms with Crippen LogP contribution in [-0.4, -0.2) is 30.7 Å². The summed E-state index contributed by atoms with van der Waals surface area (Å²) >= 11 is 0. The molecule has 5 nitrogen and oxygen atoms in total. The normalized spacial score (nSPS) is 27.9. The van der Waals surface area contributed by atoms with E-state index in [0.717, 1.165) is 19.3 Å². The first-order valence-corrected chi connectivity index (χ1v) is 7.02. The first-order chi connectivity index (χ1) is 8.92. The van der Waals surface area contributed by atoms with Crippen LogP contribution < -0.4 is 5.73 Å². The van der Waals surface area contributed by atoms with E-state index in [0.29, 0.717) is 19.4 Å². The van der Waals surface area contributed by atoms with Crippen molar-refractivity contribution in [2.24, 2.45) is 11.1 Å². The molecular formula is C14H25NO4. The van der Waals surface area contributed by atoms with E-state index in [1.54, 1.807) is 6.92 Å². The second-order valence-corrected chi connectivity index (χ2v) is 5.40. The van der Waals surface area contributed by atoms with Crippen LogP contribution in [0.25, 0.3) is 0 Å². The summed E-state index contributed by atoms with van der Waals surface area (Å²) in [5, 5.41) is 0. The van der Waals surface area contributed by atoms with Gasteiger partial charge in [0.15, 0.2) is 0 Å². The third kappa shape index (κ3) is 3.93. The summed E-state index contributed by atoms with van der Waals surface area (Å²) < 4.78 is 10.6. The van der Waals surface area contributed by atoms with Gasteiger partial charge >= 0.3 is 11.9 Å². The summed E-state index contributed by atoms with van der Waals surface area (Å²) in [6, 6.07) is -0.0308. The molecule has 0 aromatic heterocycles. The zero-order valence-electron chi connectivity index (χ0n) is 12.1. The van der Waals surface area contributed by atoms with E-state index in [1.807, 2.05) is 6.92 Å². The lowest BCUT2D eigenvalue weighted by Crippen LogP contribution is -2.43. The number of nitrogens with two attached hydrogens (primary N) is 1. The van der Waals surface area contributed by atoms with Crippen LogP contribution in [0, 0.1) is 5.41 Å². The highest BCUT2D eigenvalue weighted by molar-refractivity contribution is 5.79. The Morgan fingerprint density at radius 2 is 2.16 bits per heavy atom. The van der Waals surface area contributed by atoms with Crippen LogP contribution in [-0.2, 0) is 19.1 Å². The monoisotopic (exact) mass is 271 g/mol. The number of esters is 2. The summed E-state index contributed by atoms with van der Waals surface area (Å²) in [5.74, 6) is -0.656. The van der Waals surface area contributed by atoms with Gasteiger partial charge in [-0.15, -0.1) is 0 Å². The van der Waals surface area contributed by atoms with Gasteiger partial charge in [-0.05, 0) is 32.6 Å². The smallest absolute Gasteiger partial charge is 0.315 e. The highest BCUT2D eigenvalue weighted by Gasteiger charge is 2.51. The van der Waals surface area contributed by atoms with Crippen molar-refractivity contribution in [3.63, 3.8) is 0 Å². The minimum Gasteiger partial charge on any atom is -0.465 e. The van der Waals surface area contributed by atoms with Crippen LogP contribution in [0.5, 0.6) is 0 Å². The average Bonchev–Trinajstić information content (AvgIpc) is 2.72. The van der Waals surface area contributed by atoms with Crippen molar-refractivity contribution < 1.29 is 19.1 Å². The molecule has 0 heterocycles. The molecule has 0 bridgehead atoms. The minimum atomic E-state index is -0.765. The molecule has 3 atom stereocenters. The van der Waals surface area contributed by atoms with Crippen molar-refractivity contribution in [3.8, 4) is 0 Å². The Labute approximate surface area is 114 Å². The minimum absolute atomic E-state index is 0.0308. The lowest BCUT2D eigenvalue weighted by Gasteiger charge is -2.32. The van der Waals surface area contributed by atoms with Gasteiger partial charge in [-0.1, -0.05) is 13.3 Å². The van der Waals surface area contributed by atoms with Crippen molar-refractivity contribution in [1.82, 2.24) is 0 Å². The molecule has 19 heavy (non-hydrogen) atoms. The molecule has 1 unspecified atom stereocenters. The SMILES string of the molecule is CCCCOC(=O)[C@@]1(C(C)OC(C)=O)CC[C@@H](N)C1. The number of rotatable bonds is 6. The van der Waals surface area contributed by atoms with Crippen molar-refractivity contribution in [3.05, 3.63) is 0 Å². The molecule has 0 amide bonds. The largest absolute Gasteiger partial charge is 0.465 e. The van der Waals surface area contributed by atoms with Gasteiger partial charge in [-0.25, -0.2) is 0 Å². The lowest BCUT2D eigenvalue weighted by atomic mass is 9.80. The van der Waals surface area contributed by atoms with Gasteiger partial charge in [0.05, 0.1) is 6.61 Å². The molecule has 1 rings (SSSR count). The molecule has 110 valence electrons. The first-order valence-electron chi connectivity index (χ1n) is 7.02. The Bertz CT molecular complexity index is 331. The van der Waals surface area contributed by atoms with Gasteiger partial charge in [0.2, 0.25) is 0 Å². The summed E-state index contributed by atoms with van der Waals surface area (Å²) in [6.07, 6.45) is 3.22. The predicted molar refractivity (Wildman–Crippen MR) is 71.4 cm³/mol. The fourth-order valence-corrected chi connectivity index (χ4v) is 2.65. The van der Waals surface area contributed by atoms with Crippen molar-refractivity contribution in [2.75, 3.05) is 6.61 Å². The number of carbonyl (C=O) groups is 2. The quantitative estimate of drug-likeness (QED) is 0.588. The van der Waals surface area contributed by atoms with E-state index < -0.39 is 11.5 Å². The topological polar surface area (TPSA) is 78.6 Å². The van der Waals surface area contributed by atoms with Gasteiger partial charge in [-0.2, -0.15) is 0 Å². The zero-order valence-corrected chi connectivity index (χ0v) is 12.1. The van der Waals surface area contributed by atoms with Crippen molar-refractivity contribution >= 4 is 11.9 Å². The third-order valence-electron chi connectivity index (χ3n) is 3.85. The van der Waals surface area contributed by atoms with E-state index in [1.165, 1.54) is 6.92 Å². The molecule has 1 aliphatic rings. The van der Waals surface area contributed by atoms with E-state index in [9.17, 15) is 9.59 Å². The second kappa shape index (κ2) is 6.89. The van der Waals surface area contributed by atoms with E-state index in [-0.39, 0.29) is 18.0 Å². The fourth-order valence-electron chi connectivity index (χ4n) is 2.65. The predicted octanol–water partition coefficient (Wildman–Crippen LogP) is 1.78. The van der Waals surface area contributed by atoms with Crippen molar-refractivity contribution in [1.29, 1.82) is 0 Å². The highest BCUT2D eigenvalue weighted by Crippen LogP contribution is 2.43. The molecule has 0 aromatic carbocycles. The molecule has 0 aliphatic heterocycles. The maximum atomic E-state index is 12.3. The lowest BCUT2D eigenvalue weighted by molar-refractivity contribution is -0.170.